The molecule has 7 nitrogen and oxygen atoms in total. The molecule has 3 heterocycles. The fourth-order valence-corrected chi connectivity index (χ4v) is 2.91. The summed E-state index contributed by atoms with van der Waals surface area (Å²) in [4.78, 5) is 14.1. The average Bonchev–Trinajstić information content (AvgIpc) is 3.19. The van der Waals surface area contributed by atoms with Gasteiger partial charge in [-0.15, -0.1) is 0 Å². The lowest BCUT2D eigenvalue weighted by atomic mass is 9.94. The van der Waals surface area contributed by atoms with Gasteiger partial charge in [0.1, 0.15) is 0 Å². The quantitative estimate of drug-likeness (QED) is 0.893. The lowest BCUT2D eigenvalue weighted by molar-refractivity contribution is 0.181. The standard InChI is InChI=1S/C15H22N6O/c1-20-11-12(10-18-20)2-6-16-15(22)21-8-4-13(5-9-21)14-3-7-17-19-14/h3,7,10-11,13H,2,4-6,8-9H2,1H3,(H,16,22)(H,17,19). The number of amides is 2. The van der Waals surface area contributed by atoms with E-state index in [4.69, 9.17) is 0 Å². The van der Waals surface area contributed by atoms with Gasteiger partial charge in [0.25, 0.3) is 0 Å². The van der Waals surface area contributed by atoms with Crippen LogP contribution in [0, 0.1) is 0 Å². The van der Waals surface area contributed by atoms with Crippen LogP contribution in [0.15, 0.2) is 24.7 Å². The van der Waals surface area contributed by atoms with E-state index < -0.39 is 0 Å². The summed E-state index contributed by atoms with van der Waals surface area (Å²) < 4.78 is 1.78. The van der Waals surface area contributed by atoms with Crippen molar-refractivity contribution in [3.8, 4) is 0 Å². The Morgan fingerprint density at radius 3 is 2.91 bits per heavy atom. The van der Waals surface area contributed by atoms with Crippen molar-refractivity contribution >= 4 is 6.03 Å². The van der Waals surface area contributed by atoms with Crippen LogP contribution < -0.4 is 5.32 Å². The van der Waals surface area contributed by atoms with Crippen LogP contribution in [0.25, 0.3) is 0 Å². The lowest BCUT2D eigenvalue weighted by Gasteiger charge is -2.31. The molecule has 1 aliphatic rings. The van der Waals surface area contributed by atoms with Gasteiger partial charge in [-0.25, -0.2) is 4.79 Å². The molecule has 1 fully saturated rings. The average molecular weight is 302 g/mol. The van der Waals surface area contributed by atoms with E-state index in [9.17, 15) is 4.79 Å². The summed E-state index contributed by atoms with van der Waals surface area (Å²) in [6.45, 7) is 2.23. The maximum Gasteiger partial charge on any atom is 0.317 e. The minimum absolute atomic E-state index is 0.0342. The molecule has 0 unspecified atom stereocenters. The molecule has 22 heavy (non-hydrogen) atoms. The van der Waals surface area contributed by atoms with Crippen LogP contribution in [-0.4, -0.2) is 50.5 Å². The minimum Gasteiger partial charge on any atom is -0.338 e. The minimum atomic E-state index is 0.0342. The van der Waals surface area contributed by atoms with E-state index >= 15 is 0 Å². The molecule has 2 N–H and O–H groups in total. The Morgan fingerprint density at radius 2 is 2.27 bits per heavy atom. The number of H-pyrrole nitrogens is 1. The van der Waals surface area contributed by atoms with Gasteiger partial charge in [0.05, 0.1) is 6.20 Å². The third-order valence-corrected chi connectivity index (χ3v) is 4.19. The van der Waals surface area contributed by atoms with Crippen molar-refractivity contribution < 1.29 is 4.79 Å². The first-order valence-electron chi connectivity index (χ1n) is 7.72. The number of aromatic amines is 1. The Bertz CT molecular complexity index is 597. The highest BCUT2D eigenvalue weighted by molar-refractivity contribution is 5.74. The number of nitrogens with zero attached hydrogens (tertiary/aromatic N) is 4. The van der Waals surface area contributed by atoms with Crippen molar-refractivity contribution in [3.05, 3.63) is 35.9 Å². The van der Waals surface area contributed by atoms with Crippen molar-refractivity contribution in [2.24, 2.45) is 7.05 Å². The van der Waals surface area contributed by atoms with Crippen LogP contribution in [0.3, 0.4) is 0 Å². The molecule has 2 amide bonds. The van der Waals surface area contributed by atoms with E-state index in [2.05, 4.69) is 20.6 Å². The van der Waals surface area contributed by atoms with Gasteiger partial charge in [-0.05, 0) is 30.9 Å². The van der Waals surface area contributed by atoms with Gasteiger partial charge in [-0.2, -0.15) is 10.2 Å². The van der Waals surface area contributed by atoms with Crippen LogP contribution in [0.1, 0.15) is 30.0 Å². The number of urea groups is 1. The third-order valence-electron chi connectivity index (χ3n) is 4.19. The van der Waals surface area contributed by atoms with Crippen molar-refractivity contribution in [3.63, 3.8) is 0 Å². The number of aryl methyl sites for hydroxylation is 1. The normalized spacial score (nSPS) is 16.0. The number of hydrogen-bond acceptors (Lipinski definition) is 3. The van der Waals surface area contributed by atoms with E-state index in [0.29, 0.717) is 12.5 Å². The number of piperidine rings is 1. The van der Waals surface area contributed by atoms with Crippen LogP contribution >= 0.6 is 0 Å². The smallest absolute Gasteiger partial charge is 0.317 e. The monoisotopic (exact) mass is 302 g/mol. The summed E-state index contributed by atoms with van der Waals surface area (Å²) in [7, 11) is 1.89. The first-order valence-corrected chi connectivity index (χ1v) is 7.72. The van der Waals surface area contributed by atoms with Gasteiger partial charge >= 0.3 is 6.03 Å². The summed E-state index contributed by atoms with van der Waals surface area (Å²) in [5.74, 6) is 0.488. The summed E-state index contributed by atoms with van der Waals surface area (Å²) in [5.41, 5.74) is 2.32. The third kappa shape index (κ3) is 3.47. The highest BCUT2D eigenvalue weighted by atomic mass is 16.2. The number of rotatable bonds is 4. The van der Waals surface area contributed by atoms with Crippen LogP contribution in [0.4, 0.5) is 4.79 Å². The molecule has 1 saturated heterocycles. The van der Waals surface area contributed by atoms with Gasteiger partial charge in [0, 0.05) is 50.7 Å². The van der Waals surface area contributed by atoms with Gasteiger partial charge < -0.3 is 10.2 Å². The highest BCUT2D eigenvalue weighted by Crippen LogP contribution is 2.26. The maximum absolute atomic E-state index is 12.2. The number of hydrogen-bond donors (Lipinski definition) is 2. The predicted molar refractivity (Wildman–Crippen MR) is 82.4 cm³/mol. The molecule has 0 spiro atoms. The Balaban J connectivity index is 1.40. The fraction of sp³-hybridized carbons (Fsp3) is 0.533. The molecule has 3 rings (SSSR count). The molecule has 1 aliphatic heterocycles. The van der Waals surface area contributed by atoms with E-state index in [1.807, 2.05) is 30.4 Å². The molecule has 118 valence electrons. The topological polar surface area (TPSA) is 78.8 Å². The molecule has 0 saturated carbocycles. The van der Waals surface area contributed by atoms with Crippen molar-refractivity contribution in [2.45, 2.75) is 25.2 Å². The second-order valence-corrected chi connectivity index (χ2v) is 5.78. The Hall–Kier alpha value is -2.31. The Labute approximate surface area is 129 Å². The SMILES string of the molecule is Cn1cc(CCNC(=O)N2CCC(c3ccn[nH]3)CC2)cn1. The van der Waals surface area contributed by atoms with Crippen LogP contribution in [-0.2, 0) is 13.5 Å². The highest BCUT2D eigenvalue weighted by Gasteiger charge is 2.24. The summed E-state index contributed by atoms with van der Waals surface area (Å²) >= 11 is 0. The number of nitrogens with one attached hydrogen (secondary N) is 2. The molecule has 0 aliphatic carbocycles. The van der Waals surface area contributed by atoms with Gasteiger partial charge in [0.2, 0.25) is 0 Å². The summed E-state index contributed by atoms with van der Waals surface area (Å²) in [5, 5.41) is 14.1. The molecule has 0 atom stereocenters. The Morgan fingerprint density at radius 1 is 1.45 bits per heavy atom. The van der Waals surface area contributed by atoms with Crippen LogP contribution in [0.5, 0.6) is 0 Å². The van der Waals surface area contributed by atoms with Crippen molar-refractivity contribution in [1.82, 2.24) is 30.2 Å². The second kappa shape index (κ2) is 6.64. The molecule has 2 aromatic heterocycles. The second-order valence-electron chi connectivity index (χ2n) is 5.78. The first-order chi connectivity index (χ1) is 10.7. The predicted octanol–water partition coefficient (Wildman–Crippen LogP) is 1.27. The molecule has 7 heteroatoms. The molecular weight excluding hydrogens is 280 g/mol. The zero-order valence-electron chi connectivity index (χ0n) is 12.8. The molecule has 0 bridgehead atoms. The number of aromatic nitrogens is 4. The molecular formula is C15H22N6O. The maximum atomic E-state index is 12.2. The fourth-order valence-electron chi connectivity index (χ4n) is 2.91. The number of carbonyl (C=O) groups excluding carboxylic acids is 1. The molecule has 0 radical (unpaired) electrons. The van der Waals surface area contributed by atoms with Crippen molar-refractivity contribution in [2.75, 3.05) is 19.6 Å². The Kier molecular flexibility index (Phi) is 4.41. The first kappa shape index (κ1) is 14.6. The van der Waals surface area contributed by atoms with Gasteiger partial charge in [-0.3, -0.25) is 9.78 Å². The lowest BCUT2D eigenvalue weighted by Crippen LogP contribution is -2.44. The molecule has 2 aromatic rings. The zero-order valence-corrected chi connectivity index (χ0v) is 12.8. The summed E-state index contributed by atoms with van der Waals surface area (Å²) in [6, 6.07) is 2.06. The largest absolute Gasteiger partial charge is 0.338 e. The van der Waals surface area contributed by atoms with Gasteiger partial charge in [0.15, 0.2) is 0 Å². The van der Waals surface area contributed by atoms with Crippen LogP contribution in [0.2, 0.25) is 0 Å². The zero-order chi connectivity index (χ0) is 15.4. The van der Waals surface area contributed by atoms with E-state index in [1.54, 1.807) is 10.9 Å². The van der Waals surface area contributed by atoms with E-state index in [0.717, 1.165) is 37.9 Å². The van der Waals surface area contributed by atoms with E-state index in [-0.39, 0.29) is 6.03 Å². The molecule has 0 aromatic carbocycles. The summed E-state index contributed by atoms with van der Waals surface area (Å²) in [6.07, 6.45) is 8.37. The van der Waals surface area contributed by atoms with E-state index in [1.165, 1.54) is 5.69 Å². The number of carbonyl (C=O) groups is 1. The van der Waals surface area contributed by atoms with Crippen molar-refractivity contribution in [1.29, 1.82) is 0 Å². The van der Waals surface area contributed by atoms with Gasteiger partial charge in [-0.1, -0.05) is 0 Å². The number of likely N-dealkylation sites (tertiary alicyclic amines) is 1.